The second kappa shape index (κ2) is 7.85. The molecule has 1 saturated heterocycles. The number of rotatable bonds is 6. The van der Waals surface area contributed by atoms with Crippen molar-refractivity contribution in [3.63, 3.8) is 0 Å². The first-order valence-electron chi connectivity index (χ1n) is 9.89. The van der Waals surface area contributed by atoms with Crippen LogP contribution in [0, 0.1) is 0 Å². The van der Waals surface area contributed by atoms with Crippen LogP contribution in [0.25, 0.3) is 11.1 Å². The van der Waals surface area contributed by atoms with Crippen LogP contribution < -0.4 is 11.1 Å². The number of nitrogens with two attached hydrogens (primary N) is 1. The Balaban J connectivity index is 1.43. The van der Waals surface area contributed by atoms with Crippen LogP contribution in [0.4, 0.5) is 13.2 Å². The predicted octanol–water partition coefficient (Wildman–Crippen LogP) is 3.85. The highest BCUT2D eigenvalue weighted by molar-refractivity contribution is 5.65. The first-order chi connectivity index (χ1) is 13.4. The van der Waals surface area contributed by atoms with Crippen molar-refractivity contribution in [1.29, 1.82) is 0 Å². The van der Waals surface area contributed by atoms with Crippen LogP contribution >= 0.6 is 0 Å². The van der Waals surface area contributed by atoms with E-state index in [1.807, 2.05) is 30.3 Å². The van der Waals surface area contributed by atoms with Gasteiger partial charge in [0, 0.05) is 37.6 Å². The number of hydrogen-bond donors (Lipinski definition) is 2. The molecule has 0 unspecified atom stereocenters. The number of halogens is 3. The lowest BCUT2D eigenvalue weighted by Crippen LogP contribution is -2.33. The molecular weight excluding hydrogens is 363 g/mol. The van der Waals surface area contributed by atoms with Gasteiger partial charge in [-0.05, 0) is 42.1 Å². The van der Waals surface area contributed by atoms with Crippen LogP contribution in [0.5, 0.6) is 0 Å². The normalized spacial score (nSPS) is 25.2. The van der Waals surface area contributed by atoms with Crippen LogP contribution in [0.2, 0.25) is 0 Å². The van der Waals surface area contributed by atoms with Gasteiger partial charge in [0.2, 0.25) is 0 Å². The first kappa shape index (κ1) is 19.4. The van der Waals surface area contributed by atoms with E-state index >= 15 is 0 Å². The smallest absolute Gasteiger partial charge is 0.326 e. The van der Waals surface area contributed by atoms with Gasteiger partial charge in [0.05, 0.1) is 5.56 Å². The van der Waals surface area contributed by atoms with E-state index in [9.17, 15) is 13.2 Å². The zero-order chi connectivity index (χ0) is 19.7. The van der Waals surface area contributed by atoms with E-state index in [1.165, 1.54) is 6.07 Å². The van der Waals surface area contributed by atoms with Crippen molar-refractivity contribution in [3.05, 3.63) is 59.7 Å². The highest BCUT2D eigenvalue weighted by Crippen LogP contribution is 2.47. The Morgan fingerprint density at radius 3 is 2.54 bits per heavy atom. The maximum Gasteiger partial charge on any atom is 0.416 e. The zero-order valence-corrected chi connectivity index (χ0v) is 15.8. The molecule has 3 N–H and O–H groups in total. The van der Waals surface area contributed by atoms with Crippen molar-refractivity contribution in [1.82, 2.24) is 10.2 Å². The van der Waals surface area contributed by atoms with Crippen LogP contribution in [-0.4, -0.2) is 43.2 Å². The maximum atomic E-state index is 13.7. The molecule has 1 aliphatic carbocycles. The second-order valence-corrected chi connectivity index (χ2v) is 7.92. The zero-order valence-electron chi connectivity index (χ0n) is 15.8. The Hall–Kier alpha value is -1.89. The van der Waals surface area contributed by atoms with Gasteiger partial charge in [-0.3, -0.25) is 0 Å². The topological polar surface area (TPSA) is 41.3 Å². The molecule has 1 aliphatic heterocycles. The van der Waals surface area contributed by atoms with Crippen molar-refractivity contribution >= 4 is 0 Å². The summed E-state index contributed by atoms with van der Waals surface area (Å²) in [5, 5.41) is 3.42. The van der Waals surface area contributed by atoms with Gasteiger partial charge in [0.15, 0.2) is 0 Å². The van der Waals surface area contributed by atoms with Gasteiger partial charge in [-0.25, -0.2) is 0 Å². The van der Waals surface area contributed by atoms with Gasteiger partial charge in [-0.2, -0.15) is 13.2 Å². The summed E-state index contributed by atoms with van der Waals surface area (Å²) in [6.45, 7) is 3.61. The second-order valence-electron chi connectivity index (χ2n) is 7.92. The molecule has 0 radical (unpaired) electrons. The summed E-state index contributed by atoms with van der Waals surface area (Å²) < 4.78 is 41.1. The van der Waals surface area contributed by atoms with Gasteiger partial charge < -0.3 is 16.0 Å². The summed E-state index contributed by atoms with van der Waals surface area (Å²) in [5.74, 6) is -0.0673. The Labute approximate surface area is 163 Å². The minimum absolute atomic E-state index is 0.0673. The van der Waals surface area contributed by atoms with Gasteiger partial charge in [-0.15, -0.1) is 0 Å². The monoisotopic (exact) mass is 389 g/mol. The summed E-state index contributed by atoms with van der Waals surface area (Å²) in [4.78, 5) is 2.31. The molecule has 2 aromatic rings. The van der Waals surface area contributed by atoms with Crippen molar-refractivity contribution in [2.24, 2.45) is 5.73 Å². The molecule has 3 nitrogen and oxygen atoms in total. The maximum absolute atomic E-state index is 13.7. The fourth-order valence-corrected chi connectivity index (χ4v) is 4.17. The van der Waals surface area contributed by atoms with Gasteiger partial charge in [0.1, 0.15) is 0 Å². The molecule has 28 heavy (non-hydrogen) atoms. The van der Waals surface area contributed by atoms with Crippen LogP contribution in [0.3, 0.4) is 0 Å². The molecule has 1 heterocycles. The molecule has 0 amide bonds. The van der Waals surface area contributed by atoms with Crippen LogP contribution in [0.15, 0.2) is 48.5 Å². The van der Waals surface area contributed by atoms with E-state index in [0.29, 0.717) is 11.1 Å². The van der Waals surface area contributed by atoms with Crippen molar-refractivity contribution < 1.29 is 13.2 Å². The standard InChI is InChI=1S/C22H26F3N3/c23-22(24,25)20-12-16(15-4-2-1-3-5-15)6-7-18(20)19-13-21(19)27-9-11-28-10-8-17(26)14-28/h1-7,12,17,19,21,27H,8-11,13-14,26H2/t17-,19-,21+/m0/s1. The highest BCUT2D eigenvalue weighted by atomic mass is 19.4. The van der Waals surface area contributed by atoms with Gasteiger partial charge in [0.25, 0.3) is 0 Å². The quantitative estimate of drug-likeness (QED) is 0.789. The molecule has 0 spiro atoms. The molecule has 0 bridgehead atoms. The van der Waals surface area contributed by atoms with E-state index in [-0.39, 0.29) is 18.0 Å². The molecule has 2 fully saturated rings. The highest BCUT2D eigenvalue weighted by Gasteiger charge is 2.44. The van der Waals surface area contributed by atoms with E-state index in [1.54, 1.807) is 12.1 Å². The summed E-state index contributed by atoms with van der Waals surface area (Å²) in [6, 6.07) is 14.4. The number of nitrogens with zero attached hydrogens (tertiary/aromatic N) is 1. The van der Waals surface area contributed by atoms with E-state index in [2.05, 4.69) is 10.2 Å². The molecule has 150 valence electrons. The molecule has 3 atom stereocenters. The predicted molar refractivity (Wildman–Crippen MR) is 105 cm³/mol. The number of alkyl halides is 3. The number of nitrogens with one attached hydrogen (secondary N) is 1. The number of likely N-dealkylation sites (tertiary alicyclic amines) is 1. The number of benzene rings is 2. The third kappa shape index (κ3) is 4.40. The van der Waals surface area contributed by atoms with Crippen LogP contribution in [-0.2, 0) is 6.18 Å². The third-order valence-corrected chi connectivity index (χ3v) is 5.80. The lowest BCUT2D eigenvalue weighted by molar-refractivity contribution is -0.138. The molecule has 0 aromatic heterocycles. The Kier molecular flexibility index (Phi) is 5.45. The number of hydrogen-bond acceptors (Lipinski definition) is 3. The minimum atomic E-state index is -4.35. The molecule has 2 aliphatic rings. The molecule has 1 saturated carbocycles. The van der Waals surface area contributed by atoms with Crippen LogP contribution in [0.1, 0.15) is 29.9 Å². The third-order valence-electron chi connectivity index (χ3n) is 5.80. The first-order valence-corrected chi connectivity index (χ1v) is 9.89. The van der Waals surface area contributed by atoms with Crippen molar-refractivity contribution in [2.75, 3.05) is 26.2 Å². The van der Waals surface area contributed by atoms with E-state index < -0.39 is 11.7 Å². The fraction of sp³-hybridized carbons (Fsp3) is 0.455. The average molecular weight is 389 g/mol. The molecular formula is C22H26F3N3. The van der Waals surface area contributed by atoms with E-state index in [0.717, 1.165) is 44.6 Å². The Bertz CT molecular complexity index is 806. The Morgan fingerprint density at radius 2 is 1.86 bits per heavy atom. The summed E-state index contributed by atoms with van der Waals surface area (Å²) in [6.07, 6.45) is -2.57. The summed E-state index contributed by atoms with van der Waals surface area (Å²) in [5.41, 5.74) is 7.22. The fourth-order valence-electron chi connectivity index (χ4n) is 4.17. The minimum Gasteiger partial charge on any atom is -0.326 e. The van der Waals surface area contributed by atoms with Crippen molar-refractivity contribution in [2.45, 2.75) is 37.0 Å². The largest absolute Gasteiger partial charge is 0.416 e. The molecule has 6 heteroatoms. The average Bonchev–Trinajstić information content (AvgIpc) is 3.33. The van der Waals surface area contributed by atoms with Gasteiger partial charge >= 0.3 is 6.18 Å². The lowest BCUT2D eigenvalue weighted by Gasteiger charge is -2.17. The molecule has 2 aromatic carbocycles. The Morgan fingerprint density at radius 1 is 1.07 bits per heavy atom. The SMILES string of the molecule is N[C@H]1CCN(CCN[C@@H]2C[C@H]2c2ccc(-c3ccccc3)cc2C(F)(F)F)C1. The van der Waals surface area contributed by atoms with E-state index in [4.69, 9.17) is 5.73 Å². The summed E-state index contributed by atoms with van der Waals surface area (Å²) >= 11 is 0. The summed E-state index contributed by atoms with van der Waals surface area (Å²) in [7, 11) is 0. The van der Waals surface area contributed by atoms with Gasteiger partial charge in [-0.1, -0.05) is 42.5 Å². The van der Waals surface area contributed by atoms with Crippen molar-refractivity contribution in [3.8, 4) is 11.1 Å². The molecule has 4 rings (SSSR count). The lowest BCUT2D eigenvalue weighted by atomic mass is 9.96.